The zero-order valence-corrected chi connectivity index (χ0v) is 15.9. The second kappa shape index (κ2) is 6.00. The van der Waals surface area contributed by atoms with E-state index in [0.717, 1.165) is 32.1 Å². The van der Waals surface area contributed by atoms with Crippen molar-refractivity contribution in [1.82, 2.24) is 0 Å². The highest BCUT2D eigenvalue weighted by Gasteiger charge is 2.63. The monoisotopic (exact) mass is 358 g/mol. The van der Waals surface area contributed by atoms with Crippen LogP contribution in [0, 0.1) is 40.9 Å². The Kier molecular flexibility index (Phi) is 4.17. The van der Waals surface area contributed by atoms with Crippen molar-refractivity contribution in [2.24, 2.45) is 29.1 Å². The van der Waals surface area contributed by atoms with Crippen molar-refractivity contribution >= 4 is 17.4 Å². The van der Waals surface area contributed by atoms with E-state index in [1.165, 1.54) is 5.57 Å². The number of halogens is 1. The molecule has 2 fully saturated rings. The van der Waals surface area contributed by atoms with Gasteiger partial charge in [-0.3, -0.25) is 4.79 Å². The SMILES string of the molecule is CC#C[C@]1(O)C=C[C@H]2[C@@H]3CCC4=CC(=O)CC[C@@H]4[C@H]3[C@@H](Cl)C[C@@]21CC. The van der Waals surface area contributed by atoms with Crippen molar-refractivity contribution in [1.29, 1.82) is 0 Å². The van der Waals surface area contributed by atoms with E-state index in [9.17, 15) is 9.90 Å². The number of aliphatic hydroxyl groups is 1. The lowest BCUT2D eigenvalue weighted by molar-refractivity contribution is -0.116. The minimum Gasteiger partial charge on any atom is -0.373 e. The summed E-state index contributed by atoms with van der Waals surface area (Å²) in [6, 6.07) is 0. The molecule has 2 saturated carbocycles. The number of ketones is 1. The summed E-state index contributed by atoms with van der Waals surface area (Å²) < 4.78 is 0. The molecule has 0 radical (unpaired) electrons. The van der Waals surface area contributed by atoms with Crippen molar-refractivity contribution < 1.29 is 9.90 Å². The van der Waals surface area contributed by atoms with Gasteiger partial charge < -0.3 is 5.11 Å². The van der Waals surface area contributed by atoms with E-state index in [4.69, 9.17) is 11.6 Å². The van der Waals surface area contributed by atoms with Gasteiger partial charge in [0.25, 0.3) is 0 Å². The summed E-state index contributed by atoms with van der Waals surface area (Å²) in [5.41, 5.74) is 0.00507. The molecule has 4 aliphatic carbocycles. The van der Waals surface area contributed by atoms with Crippen LogP contribution in [0.25, 0.3) is 0 Å². The predicted molar refractivity (Wildman–Crippen MR) is 100 cm³/mol. The summed E-state index contributed by atoms with van der Waals surface area (Å²) in [6.45, 7) is 3.96. The third kappa shape index (κ3) is 2.32. The van der Waals surface area contributed by atoms with Crippen LogP contribution in [0.3, 0.4) is 0 Å². The highest BCUT2D eigenvalue weighted by molar-refractivity contribution is 6.21. The van der Waals surface area contributed by atoms with Crippen LogP contribution in [0.1, 0.15) is 52.4 Å². The second-order valence-electron chi connectivity index (χ2n) is 8.37. The average Bonchev–Trinajstić information content (AvgIpc) is 2.87. The normalized spacial score (nSPS) is 47.9. The summed E-state index contributed by atoms with van der Waals surface area (Å²) >= 11 is 7.01. The van der Waals surface area contributed by atoms with Gasteiger partial charge in [0.2, 0.25) is 0 Å². The van der Waals surface area contributed by atoms with Crippen LogP contribution in [0.5, 0.6) is 0 Å². The zero-order chi connectivity index (χ0) is 17.8. The Morgan fingerprint density at radius 2 is 2.16 bits per heavy atom. The number of hydrogen-bond donors (Lipinski definition) is 1. The van der Waals surface area contributed by atoms with Crippen molar-refractivity contribution in [2.75, 3.05) is 0 Å². The predicted octanol–water partition coefficient (Wildman–Crippen LogP) is 4.27. The van der Waals surface area contributed by atoms with Crippen LogP contribution < -0.4 is 0 Å². The largest absolute Gasteiger partial charge is 0.373 e. The molecular weight excluding hydrogens is 332 g/mol. The Bertz CT molecular complexity index is 711. The number of fused-ring (bicyclic) bond motifs is 5. The van der Waals surface area contributed by atoms with Crippen LogP contribution in [0.2, 0.25) is 0 Å². The molecule has 2 nitrogen and oxygen atoms in total. The maximum atomic E-state index is 11.8. The fourth-order valence-electron chi connectivity index (χ4n) is 6.51. The third-order valence-corrected chi connectivity index (χ3v) is 8.02. The fraction of sp³-hybridized carbons (Fsp3) is 0.682. The molecule has 0 saturated heterocycles. The average molecular weight is 359 g/mol. The minimum atomic E-state index is -1.06. The highest BCUT2D eigenvalue weighted by Crippen LogP contribution is 2.64. The van der Waals surface area contributed by atoms with Gasteiger partial charge in [0, 0.05) is 17.2 Å². The lowest BCUT2D eigenvalue weighted by atomic mass is 9.49. The van der Waals surface area contributed by atoms with Gasteiger partial charge in [0.05, 0.1) is 0 Å². The number of hydrogen-bond acceptors (Lipinski definition) is 2. The van der Waals surface area contributed by atoms with E-state index >= 15 is 0 Å². The molecule has 25 heavy (non-hydrogen) atoms. The molecule has 0 bridgehead atoms. The van der Waals surface area contributed by atoms with Gasteiger partial charge in [-0.05, 0) is 74.9 Å². The van der Waals surface area contributed by atoms with Gasteiger partial charge >= 0.3 is 0 Å². The molecule has 0 aliphatic heterocycles. The Labute approximate surface area is 155 Å². The van der Waals surface area contributed by atoms with E-state index in [0.29, 0.717) is 30.1 Å². The molecule has 7 atom stereocenters. The summed E-state index contributed by atoms with van der Waals surface area (Å²) in [7, 11) is 0. The lowest BCUT2D eigenvalue weighted by Crippen LogP contribution is -2.57. The van der Waals surface area contributed by atoms with Gasteiger partial charge in [-0.25, -0.2) is 0 Å². The smallest absolute Gasteiger partial charge is 0.155 e. The number of carbonyl (C=O) groups is 1. The maximum Gasteiger partial charge on any atom is 0.155 e. The summed E-state index contributed by atoms with van der Waals surface area (Å²) in [6.07, 6.45) is 11.4. The molecule has 0 aromatic rings. The summed E-state index contributed by atoms with van der Waals surface area (Å²) in [5.74, 6) is 8.00. The maximum absolute atomic E-state index is 11.8. The molecule has 1 N–H and O–H groups in total. The van der Waals surface area contributed by atoms with Crippen LogP contribution in [-0.4, -0.2) is 21.9 Å². The molecule has 4 aliphatic rings. The van der Waals surface area contributed by atoms with Crippen LogP contribution in [0.4, 0.5) is 0 Å². The van der Waals surface area contributed by atoms with Crippen LogP contribution in [-0.2, 0) is 4.79 Å². The third-order valence-electron chi connectivity index (χ3n) is 7.58. The molecule has 0 aromatic heterocycles. The van der Waals surface area contributed by atoms with Gasteiger partial charge in [0.1, 0.15) is 5.60 Å². The summed E-state index contributed by atoms with van der Waals surface area (Å²) in [5, 5.41) is 11.4. The van der Waals surface area contributed by atoms with E-state index in [1.807, 2.05) is 12.2 Å². The standard InChI is InChI=1S/C22H27ClO2/c1-3-10-22(25)11-9-18-17-7-5-14-12-15(24)6-8-16(14)20(17)19(23)13-21(18,22)4-2/h9,11-12,16-20,25H,4-8,13H2,1-2H3/t16-,17-,18-,19-,20+,21-,22-/m0/s1. The van der Waals surface area contributed by atoms with Gasteiger partial charge in [-0.1, -0.05) is 24.5 Å². The first-order valence-corrected chi connectivity index (χ1v) is 10.1. The molecular formula is C22H27ClO2. The van der Waals surface area contributed by atoms with Crippen LogP contribution >= 0.6 is 11.6 Å². The number of carbonyl (C=O) groups excluding carboxylic acids is 1. The van der Waals surface area contributed by atoms with Crippen molar-refractivity contribution in [3.05, 3.63) is 23.8 Å². The molecule has 134 valence electrons. The number of alkyl halides is 1. The zero-order valence-electron chi connectivity index (χ0n) is 15.1. The van der Waals surface area contributed by atoms with E-state index in [2.05, 4.69) is 24.8 Å². The van der Waals surface area contributed by atoms with E-state index in [1.54, 1.807) is 6.92 Å². The Balaban J connectivity index is 1.74. The first kappa shape index (κ1) is 17.4. The molecule has 3 heteroatoms. The highest BCUT2D eigenvalue weighted by atomic mass is 35.5. The fourth-order valence-corrected chi connectivity index (χ4v) is 7.15. The topological polar surface area (TPSA) is 37.3 Å². The van der Waals surface area contributed by atoms with Gasteiger partial charge in [0.15, 0.2) is 5.78 Å². The Morgan fingerprint density at radius 3 is 2.88 bits per heavy atom. The first-order valence-electron chi connectivity index (χ1n) is 9.69. The number of allylic oxidation sites excluding steroid dienone is 3. The molecule has 4 rings (SSSR count). The second-order valence-corrected chi connectivity index (χ2v) is 8.93. The van der Waals surface area contributed by atoms with Gasteiger partial charge in [-0.15, -0.1) is 17.5 Å². The minimum absolute atomic E-state index is 0.0354. The van der Waals surface area contributed by atoms with Crippen molar-refractivity contribution in [3.63, 3.8) is 0 Å². The van der Waals surface area contributed by atoms with E-state index in [-0.39, 0.29) is 16.6 Å². The van der Waals surface area contributed by atoms with Gasteiger partial charge in [-0.2, -0.15) is 0 Å². The summed E-state index contributed by atoms with van der Waals surface area (Å²) in [4.78, 5) is 11.8. The molecule has 0 aromatic carbocycles. The molecule has 0 heterocycles. The van der Waals surface area contributed by atoms with Crippen molar-refractivity contribution in [3.8, 4) is 11.8 Å². The van der Waals surface area contributed by atoms with E-state index < -0.39 is 5.60 Å². The quantitative estimate of drug-likeness (QED) is 0.432. The van der Waals surface area contributed by atoms with Crippen molar-refractivity contribution in [2.45, 2.75) is 63.4 Å². The Hall–Kier alpha value is -1.04. The molecule has 0 spiro atoms. The van der Waals surface area contributed by atoms with Crippen LogP contribution in [0.15, 0.2) is 23.8 Å². The molecule has 0 unspecified atom stereocenters. The number of rotatable bonds is 1. The first-order chi connectivity index (χ1) is 12.0. The molecule has 0 amide bonds. The lowest BCUT2D eigenvalue weighted by Gasteiger charge is -2.57. The Morgan fingerprint density at radius 1 is 1.36 bits per heavy atom.